The van der Waals surface area contributed by atoms with Gasteiger partial charge in [0.25, 0.3) is 0 Å². The van der Waals surface area contributed by atoms with E-state index in [-0.39, 0.29) is 0 Å². The number of hydrogen-bond acceptors (Lipinski definition) is 2. The predicted molar refractivity (Wildman–Crippen MR) is 74.0 cm³/mol. The zero-order valence-corrected chi connectivity index (χ0v) is 11.5. The number of benzene rings is 2. The van der Waals surface area contributed by atoms with Crippen molar-refractivity contribution in [3.63, 3.8) is 0 Å². The van der Waals surface area contributed by atoms with Crippen LogP contribution in [-0.4, -0.2) is 5.11 Å². The van der Waals surface area contributed by atoms with E-state index in [4.69, 9.17) is 17.3 Å². The molecule has 3 N–H and O–H groups in total. The number of rotatable bonds is 2. The smallest absolute Gasteiger partial charge is 0.123 e. The van der Waals surface area contributed by atoms with Crippen molar-refractivity contribution in [2.45, 2.75) is 6.10 Å². The molecule has 0 aliphatic heterocycles. The molecule has 1 unspecified atom stereocenters. The van der Waals surface area contributed by atoms with Crippen molar-refractivity contribution >= 4 is 33.2 Å². The molecule has 0 saturated carbocycles. The average Bonchev–Trinajstić information content (AvgIpc) is 2.31. The van der Waals surface area contributed by atoms with Gasteiger partial charge < -0.3 is 10.8 Å². The van der Waals surface area contributed by atoms with Gasteiger partial charge in [-0.05, 0) is 35.9 Å². The summed E-state index contributed by atoms with van der Waals surface area (Å²) >= 11 is 9.27. The lowest BCUT2D eigenvalue weighted by molar-refractivity contribution is 0.219. The van der Waals surface area contributed by atoms with Crippen molar-refractivity contribution in [3.05, 3.63) is 62.8 Å². The maximum absolute atomic E-state index is 13.2. The number of nitrogens with two attached hydrogens (primary N) is 1. The van der Waals surface area contributed by atoms with Gasteiger partial charge in [-0.3, -0.25) is 0 Å². The number of halogens is 3. The fraction of sp³-hybridized carbons (Fsp3) is 0.0769. The van der Waals surface area contributed by atoms with Gasteiger partial charge >= 0.3 is 0 Å². The summed E-state index contributed by atoms with van der Waals surface area (Å²) in [6.45, 7) is 0. The van der Waals surface area contributed by atoms with Gasteiger partial charge in [0.05, 0.1) is 0 Å². The molecule has 18 heavy (non-hydrogen) atoms. The zero-order chi connectivity index (χ0) is 13.3. The molecule has 1 atom stereocenters. The van der Waals surface area contributed by atoms with Crippen LogP contribution in [0.25, 0.3) is 0 Å². The molecule has 0 aromatic heterocycles. The lowest BCUT2D eigenvalue weighted by Crippen LogP contribution is -2.02. The highest BCUT2D eigenvalue weighted by Gasteiger charge is 2.17. The summed E-state index contributed by atoms with van der Waals surface area (Å²) < 4.78 is 13.8. The van der Waals surface area contributed by atoms with Crippen LogP contribution in [0.1, 0.15) is 17.2 Å². The minimum atomic E-state index is -1.01. The molecule has 2 rings (SSSR count). The van der Waals surface area contributed by atoms with E-state index in [1.54, 1.807) is 18.2 Å². The molecule has 0 fully saturated rings. The highest BCUT2D eigenvalue weighted by Crippen LogP contribution is 2.33. The van der Waals surface area contributed by atoms with Crippen LogP contribution in [-0.2, 0) is 0 Å². The van der Waals surface area contributed by atoms with Crippen LogP contribution in [0.3, 0.4) is 0 Å². The fourth-order valence-corrected chi connectivity index (χ4v) is 2.49. The van der Waals surface area contributed by atoms with Gasteiger partial charge in [0, 0.05) is 20.7 Å². The number of hydrogen-bond donors (Lipinski definition) is 2. The van der Waals surface area contributed by atoms with E-state index < -0.39 is 11.9 Å². The number of aliphatic hydroxyl groups excluding tert-OH is 1. The first kappa shape index (κ1) is 13.3. The van der Waals surface area contributed by atoms with E-state index in [2.05, 4.69) is 15.9 Å². The number of aliphatic hydroxyl groups is 1. The Kier molecular flexibility index (Phi) is 3.90. The minimum Gasteiger partial charge on any atom is -0.399 e. The van der Waals surface area contributed by atoms with Crippen LogP contribution in [0.2, 0.25) is 5.02 Å². The Bertz CT molecular complexity index is 591. The van der Waals surface area contributed by atoms with Crippen LogP contribution in [0, 0.1) is 5.82 Å². The second kappa shape index (κ2) is 5.26. The summed E-state index contributed by atoms with van der Waals surface area (Å²) in [5.41, 5.74) is 7.10. The van der Waals surface area contributed by atoms with Crippen molar-refractivity contribution in [1.82, 2.24) is 0 Å². The second-order valence-corrected chi connectivity index (χ2v) is 5.11. The Morgan fingerprint density at radius 1 is 1.17 bits per heavy atom. The zero-order valence-electron chi connectivity index (χ0n) is 9.20. The molecule has 0 radical (unpaired) electrons. The normalized spacial score (nSPS) is 12.4. The van der Waals surface area contributed by atoms with Crippen molar-refractivity contribution < 1.29 is 9.50 Å². The quantitative estimate of drug-likeness (QED) is 0.820. The topological polar surface area (TPSA) is 46.2 Å². The van der Waals surface area contributed by atoms with Gasteiger partial charge in [0.1, 0.15) is 11.9 Å². The van der Waals surface area contributed by atoms with Crippen LogP contribution < -0.4 is 5.73 Å². The third-order valence-electron chi connectivity index (χ3n) is 2.57. The van der Waals surface area contributed by atoms with Gasteiger partial charge in [-0.1, -0.05) is 33.6 Å². The van der Waals surface area contributed by atoms with Crippen LogP contribution in [0.5, 0.6) is 0 Å². The molecule has 0 saturated heterocycles. The molecule has 0 bridgehead atoms. The molecule has 0 aliphatic carbocycles. The highest BCUT2D eigenvalue weighted by atomic mass is 79.9. The van der Waals surface area contributed by atoms with Crippen molar-refractivity contribution in [3.8, 4) is 0 Å². The summed E-state index contributed by atoms with van der Waals surface area (Å²) in [6.07, 6.45) is -1.01. The molecule has 0 heterocycles. The minimum absolute atomic E-state index is 0.313. The summed E-state index contributed by atoms with van der Waals surface area (Å²) in [5.74, 6) is -0.444. The maximum atomic E-state index is 13.2. The number of nitrogen functional groups attached to an aromatic ring is 1. The lowest BCUT2D eigenvalue weighted by Gasteiger charge is -2.15. The molecule has 0 spiro atoms. The number of anilines is 1. The SMILES string of the molecule is Nc1ccc(C(O)c2cc(F)ccc2Cl)c(Br)c1. The van der Waals surface area contributed by atoms with E-state index in [0.29, 0.717) is 26.3 Å². The van der Waals surface area contributed by atoms with E-state index in [1.165, 1.54) is 18.2 Å². The summed E-state index contributed by atoms with van der Waals surface area (Å²) in [7, 11) is 0. The average molecular weight is 331 g/mol. The standard InChI is InChI=1S/C13H10BrClFNO/c14-11-6-8(17)2-3-9(11)13(18)10-5-7(16)1-4-12(10)15/h1-6,13,18H,17H2. The molecule has 2 aromatic rings. The van der Waals surface area contributed by atoms with Crippen molar-refractivity contribution in [1.29, 1.82) is 0 Å². The van der Waals surface area contributed by atoms with Gasteiger partial charge in [0.2, 0.25) is 0 Å². The molecule has 0 aliphatic rings. The van der Waals surface area contributed by atoms with Crippen molar-refractivity contribution in [2.24, 2.45) is 0 Å². The van der Waals surface area contributed by atoms with E-state index in [9.17, 15) is 9.50 Å². The predicted octanol–water partition coefficient (Wildman–Crippen LogP) is 3.91. The van der Waals surface area contributed by atoms with Gasteiger partial charge in [-0.15, -0.1) is 0 Å². The first-order valence-electron chi connectivity index (χ1n) is 5.17. The van der Waals surface area contributed by atoms with Gasteiger partial charge in [-0.2, -0.15) is 0 Å². The summed E-state index contributed by atoms with van der Waals surface area (Å²) in [5, 5.41) is 10.6. The third kappa shape index (κ3) is 2.66. The van der Waals surface area contributed by atoms with Crippen LogP contribution in [0.15, 0.2) is 40.9 Å². The van der Waals surface area contributed by atoms with Crippen molar-refractivity contribution in [2.75, 3.05) is 5.73 Å². The monoisotopic (exact) mass is 329 g/mol. The Labute approximate surface area is 117 Å². The highest BCUT2D eigenvalue weighted by molar-refractivity contribution is 9.10. The van der Waals surface area contributed by atoms with Crippen LogP contribution in [0.4, 0.5) is 10.1 Å². The molecule has 5 heteroatoms. The summed E-state index contributed by atoms with van der Waals surface area (Å²) in [4.78, 5) is 0. The molecule has 94 valence electrons. The van der Waals surface area contributed by atoms with Crippen LogP contribution >= 0.6 is 27.5 Å². The molecule has 2 nitrogen and oxygen atoms in total. The van der Waals surface area contributed by atoms with E-state index in [0.717, 1.165) is 0 Å². The largest absolute Gasteiger partial charge is 0.399 e. The molecular weight excluding hydrogens is 321 g/mol. The molecular formula is C13H10BrClFNO. The lowest BCUT2D eigenvalue weighted by atomic mass is 10.0. The first-order valence-corrected chi connectivity index (χ1v) is 6.34. The molecule has 2 aromatic carbocycles. The Morgan fingerprint density at radius 2 is 1.89 bits per heavy atom. The van der Waals surface area contributed by atoms with Gasteiger partial charge in [0.15, 0.2) is 0 Å². The first-order chi connectivity index (χ1) is 8.49. The Hall–Kier alpha value is -1.10. The van der Waals surface area contributed by atoms with Gasteiger partial charge in [-0.25, -0.2) is 4.39 Å². The maximum Gasteiger partial charge on any atom is 0.123 e. The summed E-state index contributed by atoms with van der Waals surface area (Å²) in [6, 6.07) is 8.89. The second-order valence-electron chi connectivity index (χ2n) is 3.85. The van der Waals surface area contributed by atoms with E-state index in [1.807, 2.05) is 0 Å². The Balaban J connectivity index is 2.47. The fourth-order valence-electron chi connectivity index (χ4n) is 1.66. The van der Waals surface area contributed by atoms with E-state index >= 15 is 0 Å². The third-order valence-corrected chi connectivity index (χ3v) is 3.60. The Morgan fingerprint density at radius 3 is 2.56 bits per heavy atom. The molecule has 0 amide bonds.